The maximum absolute atomic E-state index is 12.0. The van der Waals surface area contributed by atoms with E-state index in [1.807, 2.05) is 26.8 Å². The smallest absolute Gasteiger partial charge is 0.266 e. The van der Waals surface area contributed by atoms with Crippen LogP contribution in [0.15, 0.2) is 23.1 Å². The van der Waals surface area contributed by atoms with E-state index in [1.54, 1.807) is 12.1 Å². The highest BCUT2D eigenvalue weighted by Gasteiger charge is 2.18. The molecule has 96 valence electrons. The normalized spacial score (nSPS) is 11.7. The Morgan fingerprint density at radius 2 is 1.94 bits per heavy atom. The average molecular weight is 256 g/mol. The van der Waals surface area contributed by atoms with Crippen LogP contribution in [0.2, 0.25) is 0 Å². The molecule has 0 amide bonds. The first kappa shape index (κ1) is 14.2. The first-order valence-electron chi connectivity index (χ1n) is 6.00. The summed E-state index contributed by atoms with van der Waals surface area (Å²) in [6, 6.07) is 5.33. The predicted molar refractivity (Wildman–Crippen MR) is 68.6 cm³/mol. The highest BCUT2D eigenvalue weighted by Crippen LogP contribution is 2.20. The van der Waals surface area contributed by atoms with Crippen molar-refractivity contribution in [3.8, 4) is 0 Å². The second kappa shape index (κ2) is 6.17. The molecule has 4 heteroatoms. The summed E-state index contributed by atoms with van der Waals surface area (Å²) < 4.78 is 29.0. The summed E-state index contributed by atoms with van der Waals surface area (Å²) in [6.07, 6.45) is 2.37. The zero-order chi connectivity index (χ0) is 12.9. The second-order valence-corrected chi connectivity index (χ2v) is 5.68. The molecule has 0 saturated carbocycles. The monoisotopic (exact) mass is 256 g/mol. The lowest BCUT2D eigenvalue weighted by molar-refractivity contribution is 0.310. The van der Waals surface area contributed by atoms with Crippen LogP contribution in [0.1, 0.15) is 37.8 Å². The van der Waals surface area contributed by atoms with Crippen molar-refractivity contribution in [2.24, 2.45) is 0 Å². The van der Waals surface area contributed by atoms with Crippen molar-refractivity contribution in [2.45, 2.75) is 44.9 Å². The van der Waals surface area contributed by atoms with Crippen LogP contribution < -0.4 is 0 Å². The van der Waals surface area contributed by atoms with E-state index in [1.165, 1.54) is 0 Å². The van der Waals surface area contributed by atoms with Gasteiger partial charge in [0, 0.05) is 0 Å². The van der Waals surface area contributed by atoms with E-state index in [0.29, 0.717) is 11.3 Å². The lowest BCUT2D eigenvalue weighted by Gasteiger charge is -2.10. The highest BCUT2D eigenvalue weighted by atomic mass is 32.2. The van der Waals surface area contributed by atoms with Gasteiger partial charge in [-0.05, 0) is 31.4 Å². The average Bonchev–Trinajstić information content (AvgIpc) is 2.28. The van der Waals surface area contributed by atoms with E-state index >= 15 is 0 Å². The van der Waals surface area contributed by atoms with Crippen molar-refractivity contribution in [1.29, 1.82) is 0 Å². The third kappa shape index (κ3) is 3.82. The summed E-state index contributed by atoms with van der Waals surface area (Å²) in [5.41, 5.74) is 1.89. The van der Waals surface area contributed by atoms with Crippen LogP contribution in [-0.4, -0.2) is 15.0 Å². The lowest BCUT2D eigenvalue weighted by atomic mass is 10.1. The number of hydrogen-bond donors (Lipinski definition) is 0. The van der Waals surface area contributed by atoms with E-state index in [0.717, 1.165) is 24.0 Å². The minimum Gasteiger partial charge on any atom is -0.266 e. The molecule has 0 aliphatic rings. The fraction of sp³-hybridized carbons (Fsp3) is 0.538. The molecule has 0 radical (unpaired) electrons. The van der Waals surface area contributed by atoms with Crippen LogP contribution in [0, 0.1) is 6.92 Å². The van der Waals surface area contributed by atoms with Crippen molar-refractivity contribution >= 4 is 10.1 Å². The zero-order valence-electron chi connectivity index (χ0n) is 10.7. The Morgan fingerprint density at radius 1 is 1.24 bits per heavy atom. The summed E-state index contributed by atoms with van der Waals surface area (Å²) in [5.74, 6) is 0. The first-order valence-corrected chi connectivity index (χ1v) is 7.41. The molecular weight excluding hydrogens is 236 g/mol. The van der Waals surface area contributed by atoms with Crippen molar-refractivity contribution in [3.05, 3.63) is 29.3 Å². The van der Waals surface area contributed by atoms with E-state index < -0.39 is 10.1 Å². The van der Waals surface area contributed by atoms with Gasteiger partial charge < -0.3 is 0 Å². The van der Waals surface area contributed by atoms with Crippen LogP contribution in [0.5, 0.6) is 0 Å². The summed E-state index contributed by atoms with van der Waals surface area (Å²) in [7, 11) is -3.59. The molecule has 1 aromatic carbocycles. The standard InChI is InChI=1S/C13H20O3S/c1-4-6-9-16-17(14,15)13-8-7-11(3)10-12(13)5-2/h7-8,10H,4-6,9H2,1-3H3. The summed E-state index contributed by atoms with van der Waals surface area (Å²) >= 11 is 0. The number of aryl methyl sites for hydroxylation is 2. The van der Waals surface area contributed by atoms with Gasteiger partial charge >= 0.3 is 0 Å². The molecule has 0 spiro atoms. The molecule has 1 aromatic rings. The molecule has 0 heterocycles. The minimum atomic E-state index is -3.59. The third-order valence-electron chi connectivity index (χ3n) is 2.60. The van der Waals surface area contributed by atoms with Crippen LogP contribution in [0.4, 0.5) is 0 Å². The number of rotatable bonds is 6. The molecule has 0 fully saturated rings. The van der Waals surface area contributed by atoms with Crippen LogP contribution in [0.25, 0.3) is 0 Å². The Bertz CT molecular complexity index is 464. The van der Waals surface area contributed by atoms with E-state index in [9.17, 15) is 8.42 Å². The molecule has 0 bridgehead atoms. The Morgan fingerprint density at radius 3 is 2.53 bits per heavy atom. The zero-order valence-corrected chi connectivity index (χ0v) is 11.5. The van der Waals surface area contributed by atoms with Crippen molar-refractivity contribution in [1.82, 2.24) is 0 Å². The molecule has 0 atom stereocenters. The van der Waals surface area contributed by atoms with Gasteiger partial charge in [-0.3, -0.25) is 4.18 Å². The van der Waals surface area contributed by atoms with Gasteiger partial charge in [0.15, 0.2) is 0 Å². The maximum atomic E-state index is 12.0. The topological polar surface area (TPSA) is 43.4 Å². The summed E-state index contributed by atoms with van der Waals surface area (Å²) in [6.45, 7) is 6.16. The van der Waals surface area contributed by atoms with Gasteiger partial charge in [0.25, 0.3) is 10.1 Å². The second-order valence-electron chi connectivity index (χ2n) is 4.09. The lowest BCUT2D eigenvalue weighted by Crippen LogP contribution is -2.10. The maximum Gasteiger partial charge on any atom is 0.297 e. The highest BCUT2D eigenvalue weighted by molar-refractivity contribution is 7.86. The molecule has 0 aromatic heterocycles. The molecule has 0 aliphatic heterocycles. The number of hydrogen-bond acceptors (Lipinski definition) is 3. The molecule has 0 N–H and O–H groups in total. The van der Waals surface area contributed by atoms with Gasteiger partial charge in [-0.15, -0.1) is 0 Å². The van der Waals surface area contributed by atoms with Crippen molar-refractivity contribution < 1.29 is 12.6 Å². The fourth-order valence-electron chi connectivity index (χ4n) is 1.60. The molecule has 0 aliphatic carbocycles. The SMILES string of the molecule is CCCCOS(=O)(=O)c1ccc(C)cc1CC. The Hall–Kier alpha value is -0.870. The van der Waals surface area contributed by atoms with Gasteiger partial charge in [0.05, 0.1) is 11.5 Å². The van der Waals surface area contributed by atoms with Crippen molar-refractivity contribution in [3.63, 3.8) is 0 Å². The molecule has 17 heavy (non-hydrogen) atoms. The van der Waals surface area contributed by atoms with E-state index in [-0.39, 0.29) is 6.61 Å². The van der Waals surface area contributed by atoms with E-state index in [4.69, 9.17) is 4.18 Å². The van der Waals surface area contributed by atoms with Crippen LogP contribution in [-0.2, 0) is 20.7 Å². The quantitative estimate of drug-likeness (QED) is 0.580. The molecule has 0 unspecified atom stereocenters. The summed E-state index contributed by atoms with van der Waals surface area (Å²) in [4.78, 5) is 0.307. The van der Waals surface area contributed by atoms with Gasteiger partial charge in [0.1, 0.15) is 0 Å². The van der Waals surface area contributed by atoms with Crippen LogP contribution >= 0.6 is 0 Å². The number of unbranched alkanes of at least 4 members (excludes halogenated alkanes) is 1. The third-order valence-corrected chi connectivity index (χ3v) is 4.02. The van der Waals surface area contributed by atoms with Gasteiger partial charge in [0.2, 0.25) is 0 Å². The van der Waals surface area contributed by atoms with E-state index in [2.05, 4.69) is 0 Å². The van der Waals surface area contributed by atoms with Gasteiger partial charge in [-0.1, -0.05) is 38.0 Å². The van der Waals surface area contributed by atoms with Crippen molar-refractivity contribution in [2.75, 3.05) is 6.61 Å². The largest absolute Gasteiger partial charge is 0.297 e. The molecule has 3 nitrogen and oxygen atoms in total. The van der Waals surface area contributed by atoms with Gasteiger partial charge in [-0.2, -0.15) is 8.42 Å². The minimum absolute atomic E-state index is 0.260. The Balaban J connectivity index is 2.98. The molecule has 0 saturated heterocycles. The Labute approximate surface area is 104 Å². The summed E-state index contributed by atoms with van der Waals surface area (Å²) in [5, 5.41) is 0. The predicted octanol–water partition coefficient (Wildman–Crippen LogP) is 3.06. The molecule has 1 rings (SSSR count). The molecular formula is C13H20O3S. The fourth-order valence-corrected chi connectivity index (χ4v) is 2.83. The Kier molecular flexibility index (Phi) is 5.15. The first-order chi connectivity index (χ1) is 8.01. The van der Waals surface area contributed by atoms with Gasteiger partial charge in [-0.25, -0.2) is 0 Å². The number of benzene rings is 1. The van der Waals surface area contributed by atoms with Crippen LogP contribution in [0.3, 0.4) is 0 Å².